The molecule has 0 N–H and O–H groups in total. The Morgan fingerprint density at radius 2 is 2.15 bits per heavy atom. The van der Waals surface area contributed by atoms with Gasteiger partial charge in [-0.25, -0.2) is 14.0 Å². The van der Waals surface area contributed by atoms with Crippen LogP contribution in [0, 0.1) is 5.82 Å². The van der Waals surface area contributed by atoms with E-state index in [0.29, 0.717) is 12.0 Å². The summed E-state index contributed by atoms with van der Waals surface area (Å²) in [6, 6.07) is 3.60. The summed E-state index contributed by atoms with van der Waals surface area (Å²) in [5.41, 5.74) is 1.51. The van der Waals surface area contributed by atoms with Crippen molar-refractivity contribution in [1.82, 2.24) is 4.90 Å². The van der Waals surface area contributed by atoms with Crippen molar-refractivity contribution in [3.63, 3.8) is 0 Å². The van der Waals surface area contributed by atoms with Crippen LogP contribution in [0.25, 0.3) is 0 Å². The van der Waals surface area contributed by atoms with Crippen molar-refractivity contribution in [2.45, 2.75) is 25.9 Å². The third-order valence-corrected chi connectivity index (χ3v) is 3.27. The van der Waals surface area contributed by atoms with Crippen LogP contribution in [0.4, 0.5) is 9.18 Å². The topological polar surface area (TPSA) is 55.8 Å². The Labute approximate surface area is 116 Å². The zero-order valence-corrected chi connectivity index (χ0v) is 11.4. The molecule has 0 saturated heterocycles. The molecule has 2 rings (SSSR count). The molecule has 0 bridgehead atoms. The Balaban J connectivity index is 2.32. The molecule has 6 heteroatoms. The number of hydrogen-bond acceptors (Lipinski definition) is 4. The average Bonchev–Trinajstić information content (AvgIpc) is 2.45. The van der Waals surface area contributed by atoms with Crippen molar-refractivity contribution in [2.24, 2.45) is 0 Å². The monoisotopic (exact) mass is 281 g/mol. The molecule has 0 fully saturated rings. The van der Waals surface area contributed by atoms with Crippen molar-refractivity contribution in [3.8, 4) is 0 Å². The molecule has 1 aromatic carbocycles. The molecule has 0 aliphatic carbocycles. The minimum Gasteiger partial charge on any atom is -0.467 e. The van der Waals surface area contributed by atoms with E-state index >= 15 is 0 Å². The Morgan fingerprint density at radius 3 is 2.80 bits per heavy atom. The molecule has 1 unspecified atom stereocenters. The van der Waals surface area contributed by atoms with Gasteiger partial charge in [0.15, 0.2) is 0 Å². The van der Waals surface area contributed by atoms with E-state index in [1.165, 1.54) is 24.1 Å². The van der Waals surface area contributed by atoms with E-state index in [1.54, 1.807) is 13.0 Å². The van der Waals surface area contributed by atoms with Gasteiger partial charge in [-0.15, -0.1) is 0 Å². The summed E-state index contributed by atoms with van der Waals surface area (Å²) >= 11 is 0. The number of carbonyl (C=O) groups is 2. The van der Waals surface area contributed by atoms with Crippen molar-refractivity contribution < 1.29 is 23.5 Å². The Kier molecular flexibility index (Phi) is 4.22. The zero-order valence-electron chi connectivity index (χ0n) is 11.4. The van der Waals surface area contributed by atoms with Gasteiger partial charge in [0.25, 0.3) is 0 Å². The summed E-state index contributed by atoms with van der Waals surface area (Å²) < 4.78 is 22.9. The summed E-state index contributed by atoms with van der Waals surface area (Å²) in [5, 5.41) is 0. The lowest BCUT2D eigenvalue weighted by molar-refractivity contribution is -0.147. The molecule has 0 aromatic heterocycles. The molecule has 0 spiro atoms. The van der Waals surface area contributed by atoms with E-state index in [9.17, 15) is 14.0 Å². The summed E-state index contributed by atoms with van der Waals surface area (Å²) in [5.74, 6) is -0.878. The van der Waals surface area contributed by atoms with Crippen molar-refractivity contribution in [1.29, 1.82) is 0 Å². The minimum atomic E-state index is -0.739. The third kappa shape index (κ3) is 2.74. The Hall–Kier alpha value is -2.11. The molecule has 0 saturated carbocycles. The fourth-order valence-corrected chi connectivity index (χ4v) is 2.30. The fourth-order valence-electron chi connectivity index (χ4n) is 2.30. The predicted octanol–water partition coefficient (Wildman–Crippen LogP) is 1.88. The van der Waals surface area contributed by atoms with Crippen LogP contribution >= 0.6 is 0 Å². The highest BCUT2D eigenvalue weighted by atomic mass is 19.1. The largest absolute Gasteiger partial charge is 0.467 e. The maximum atomic E-state index is 13.3. The molecule has 1 amide bonds. The summed E-state index contributed by atoms with van der Waals surface area (Å²) in [4.78, 5) is 25.0. The molecule has 1 aliphatic heterocycles. The lowest BCUT2D eigenvalue weighted by Crippen LogP contribution is -2.49. The van der Waals surface area contributed by atoms with Gasteiger partial charge in [-0.05, 0) is 30.2 Å². The van der Waals surface area contributed by atoms with Gasteiger partial charge < -0.3 is 9.47 Å². The van der Waals surface area contributed by atoms with E-state index < -0.39 is 18.1 Å². The highest BCUT2D eigenvalue weighted by Gasteiger charge is 2.36. The van der Waals surface area contributed by atoms with Gasteiger partial charge in [0, 0.05) is 6.42 Å². The van der Waals surface area contributed by atoms with Crippen LogP contribution in [0.5, 0.6) is 0 Å². The van der Waals surface area contributed by atoms with Gasteiger partial charge in [-0.1, -0.05) is 6.07 Å². The first kappa shape index (κ1) is 14.3. The molecule has 1 heterocycles. The number of hydrogen-bond donors (Lipinski definition) is 0. The van der Waals surface area contributed by atoms with E-state index in [0.717, 1.165) is 5.56 Å². The van der Waals surface area contributed by atoms with Gasteiger partial charge in [0.1, 0.15) is 11.9 Å². The predicted molar refractivity (Wildman–Crippen MR) is 68.5 cm³/mol. The number of carbonyl (C=O) groups excluding carboxylic acids is 2. The number of rotatable bonds is 2. The summed E-state index contributed by atoms with van der Waals surface area (Å²) in [6.07, 6.45) is -0.306. The second kappa shape index (κ2) is 5.90. The lowest BCUT2D eigenvalue weighted by Gasteiger charge is -2.34. The molecule has 5 nitrogen and oxygen atoms in total. The van der Waals surface area contributed by atoms with E-state index in [2.05, 4.69) is 0 Å². The highest BCUT2D eigenvalue weighted by Crippen LogP contribution is 2.25. The number of amides is 1. The van der Waals surface area contributed by atoms with Crippen LogP contribution in [-0.2, 0) is 27.2 Å². The molecule has 20 heavy (non-hydrogen) atoms. The first-order valence-electron chi connectivity index (χ1n) is 6.35. The summed E-state index contributed by atoms with van der Waals surface area (Å²) in [7, 11) is 1.27. The van der Waals surface area contributed by atoms with Crippen LogP contribution < -0.4 is 0 Å². The smallest absolute Gasteiger partial charge is 0.410 e. The maximum absolute atomic E-state index is 13.3. The zero-order chi connectivity index (χ0) is 14.7. The van der Waals surface area contributed by atoms with Crippen LogP contribution in [0.2, 0.25) is 0 Å². The molecule has 108 valence electrons. The second-order valence-electron chi connectivity index (χ2n) is 4.48. The molecular weight excluding hydrogens is 265 g/mol. The lowest BCUT2D eigenvalue weighted by atomic mass is 9.94. The van der Waals surface area contributed by atoms with Crippen LogP contribution in [0.1, 0.15) is 18.1 Å². The second-order valence-corrected chi connectivity index (χ2v) is 4.48. The average molecular weight is 281 g/mol. The van der Waals surface area contributed by atoms with Gasteiger partial charge in [0.05, 0.1) is 20.3 Å². The minimum absolute atomic E-state index is 0.131. The van der Waals surface area contributed by atoms with Crippen LogP contribution in [-0.4, -0.2) is 36.7 Å². The van der Waals surface area contributed by atoms with Crippen LogP contribution in [0.15, 0.2) is 18.2 Å². The molecule has 0 radical (unpaired) electrons. The van der Waals surface area contributed by atoms with E-state index in [-0.39, 0.29) is 19.0 Å². The number of fused-ring (bicyclic) bond motifs is 1. The normalized spacial score (nSPS) is 17.4. The van der Waals surface area contributed by atoms with Crippen LogP contribution in [0.3, 0.4) is 0 Å². The third-order valence-electron chi connectivity index (χ3n) is 3.27. The Morgan fingerprint density at radius 1 is 1.40 bits per heavy atom. The number of halogens is 1. The molecule has 1 aliphatic rings. The van der Waals surface area contributed by atoms with Gasteiger partial charge in [-0.3, -0.25) is 4.90 Å². The number of benzene rings is 1. The quantitative estimate of drug-likeness (QED) is 0.777. The Bertz CT molecular complexity index is 532. The number of nitrogens with zero attached hydrogens (tertiary/aromatic N) is 1. The summed E-state index contributed by atoms with van der Waals surface area (Å²) in [6.45, 7) is 2.02. The highest BCUT2D eigenvalue weighted by molar-refractivity contribution is 5.82. The van der Waals surface area contributed by atoms with E-state index in [4.69, 9.17) is 9.47 Å². The molecular formula is C14H16FNO4. The number of methoxy groups -OCH3 is 1. The first-order chi connectivity index (χ1) is 9.56. The standard InChI is InChI=1S/C14H16FNO4/c1-3-20-14(18)16-8-10-6-11(15)5-4-9(10)7-12(16)13(17)19-2/h4-6,12H,3,7-8H2,1-2H3. The first-order valence-corrected chi connectivity index (χ1v) is 6.35. The van der Waals surface area contributed by atoms with Gasteiger partial charge in [0.2, 0.25) is 0 Å². The molecule has 1 atom stereocenters. The van der Waals surface area contributed by atoms with E-state index in [1.807, 2.05) is 0 Å². The molecule has 1 aromatic rings. The maximum Gasteiger partial charge on any atom is 0.410 e. The number of ether oxygens (including phenoxy) is 2. The van der Waals surface area contributed by atoms with Gasteiger partial charge >= 0.3 is 12.1 Å². The SMILES string of the molecule is CCOC(=O)N1Cc2cc(F)ccc2CC1C(=O)OC. The van der Waals surface area contributed by atoms with Crippen molar-refractivity contribution in [2.75, 3.05) is 13.7 Å². The fraction of sp³-hybridized carbons (Fsp3) is 0.429. The van der Waals surface area contributed by atoms with Crippen molar-refractivity contribution in [3.05, 3.63) is 35.1 Å². The van der Waals surface area contributed by atoms with Gasteiger partial charge in [-0.2, -0.15) is 0 Å². The number of esters is 1. The van der Waals surface area contributed by atoms with Crippen molar-refractivity contribution >= 4 is 12.1 Å².